The highest BCUT2D eigenvalue weighted by molar-refractivity contribution is 8.00. The second kappa shape index (κ2) is 9.64. The molecule has 0 spiro atoms. The van der Waals surface area contributed by atoms with Crippen molar-refractivity contribution in [3.8, 4) is 5.75 Å². The number of fused-ring (bicyclic) bond motifs is 2. The van der Waals surface area contributed by atoms with Gasteiger partial charge in [0.1, 0.15) is 17.5 Å². The molecule has 2 aliphatic heterocycles. The number of primary amides is 1. The quantitative estimate of drug-likeness (QED) is 0.306. The summed E-state index contributed by atoms with van der Waals surface area (Å²) in [5.41, 5.74) is 5.82. The predicted molar refractivity (Wildman–Crippen MR) is 140 cm³/mol. The van der Waals surface area contributed by atoms with E-state index in [0.717, 1.165) is 27.7 Å². The van der Waals surface area contributed by atoms with Crippen molar-refractivity contribution in [3.05, 3.63) is 68.6 Å². The molecule has 1 fully saturated rings. The topological polar surface area (TPSA) is 212 Å². The summed E-state index contributed by atoms with van der Waals surface area (Å²) in [7, 11) is -3.92. The third kappa shape index (κ3) is 4.60. The number of amides is 5. The average Bonchev–Trinajstić information content (AvgIpc) is 3.30. The highest BCUT2D eigenvalue weighted by Crippen LogP contribution is 2.54. The SMILES string of the molecule is NC(=O)N1C(=O)C2Sc3c(sc(=O)n3CC(=O)Nc3ccc(S(N)(=O)=O)cc3)C(c3ccccc3O)C2C1=O. The number of para-hydroxylation sites is 1. The Bertz CT molecular complexity index is 1710. The summed E-state index contributed by atoms with van der Waals surface area (Å²) in [4.78, 5) is 64.1. The van der Waals surface area contributed by atoms with Crippen molar-refractivity contribution in [2.45, 2.75) is 27.6 Å². The fourth-order valence-corrected chi connectivity index (χ4v) is 7.91. The number of urea groups is 1. The van der Waals surface area contributed by atoms with Gasteiger partial charge in [-0.25, -0.2) is 18.4 Å². The Morgan fingerprint density at radius 1 is 1.03 bits per heavy atom. The minimum absolute atomic E-state index is 0.148. The predicted octanol–water partition coefficient (Wildman–Crippen LogP) is 0.571. The van der Waals surface area contributed by atoms with Gasteiger partial charge in [-0.15, -0.1) is 0 Å². The van der Waals surface area contributed by atoms with E-state index in [1.165, 1.54) is 30.3 Å². The van der Waals surface area contributed by atoms with Crippen LogP contribution >= 0.6 is 23.1 Å². The number of phenolic OH excluding ortho intramolecular Hbond substituents is 1. The molecule has 0 saturated carbocycles. The molecule has 6 N–H and O–H groups in total. The number of imide groups is 3. The van der Waals surface area contributed by atoms with E-state index in [1.54, 1.807) is 18.2 Å². The van der Waals surface area contributed by atoms with Gasteiger partial charge in [0, 0.05) is 22.0 Å². The molecule has 1 aromatic heterocycles. The summed E-state index contributed by atoms with van der Waals surface area (Å²) in [6.07, 6.45) is 0. The molecule has 13 nitrogen and oxygen atoms in total. The van der Waals surface area contributed by atoms with Gasteiger partial charge in [0.15, 0.2) is 0 Å². The van der Waals surface area contributed by atoms with Crippen LogP contribution in [0.15, 0.2) is 63.2 Å². The molecule has 0 radical (unpaired) electrons. The number of nitrogens with zero attached hydrogens (tertiary/aromatic N) is 2. The van der Waals surface area contributed by atoms with Gasteiger partial charge in [-0.05, 0) is 30.3 Å². The zero-order chi connectivity index (χ0) is 28.2. The maximum Gasteiger partial charge on any atom is 0.328 e. The zero-order valence-electron chi connectivity index (χ0n) is 19.6. The van der Waals surface area contributed by atoms with Gasteiger partial charge in [-0.1, -0.05) is 41.3 Å². The van der Waals surface area contributed by atoms with E-state index in [9.17, 15) is 37.5 Å². The number of anilines is 1. The Kier molecular flexibility index (Phi) is 6.58. The van der Waals surface area contributed by atoms with Crippen molar-refractivity contribution >= 4 is 62.6 Å². The number of nitrogens with two attached hydrogens (primary N) is 2. The fourth-order valence-electron chi connectivity index (χ4n) is 4.63. The number of thiazole rings is 1. The number of thioether (sulfide) groups is 1. The first-order valence-corrected chi connectivity index (χ1v) is 14.4. The van der Waals surface area contributed by atoms with Crippen molar-refractivity contribution in [1.82, 2.24) is 9.47 Å². The summed E-state index contributed by atoms with van der Waals surface area (Å²) in [6, 6.07) is 9.99. The Morgan fingerprint density at radius 3 is 2.31 bits per heavy atom. The Hall–Kier alpha value is -3.99. The number of sulfonamides is 1. The maximum atomic E-state index is 13.2. The first-order chi connectivity index (χ1) is 18.4. The number of nitrogens with one attached hydrogen (secondary N) is 1. The molecule has 16 heteroatoms. The first-order valence-electron chi connectivity index (χ1n) is 11.2. The van der Waals surface area contributed by atoms with Crippen LogP contribution in [0.3, 0.4) is 0 Å². The molecule has 3 heterocycles. The van der Waals surface area contributed by atoms with Crippen LogP contribution in [0.25, 0.3) is 0 Å². The lowest BCUT2D eigenvalue weighted by Crippen LogP contribution is -2.41. The van der Waals surface area contributed by atoms with Crippen LogP contribution in [-0.4, -0.2) is 52.0 Å². The van der Waals surface area contributed by atoms with Crippen LogP contribution in [0.4, 0.5) is 10.5 Å². The number of benzene rings is 2. The Morgan fingerprint density at radius 2 is 1.69 bits per heavy atom. The van der Waals surface area contributed by atoms with Gasteiger partial charge in [0.2, 0.25) is 21.8 Å². The minimum Gasteiger partial charge on any atom is -0.508 e. The number of aromatic hydroxyl groups is 1. The lowest BCUT2D eigenvalue weighted by atomic mass is 9.82. The van der Waals surface area contributed by atoms with Gasteiger partial charge >= 0.3 is 10.9 Å². The molecule has 39 heavy (non-hydrogen) atoms. The van der Waals surface area contributed by atoms with Gasteiger partial charge in [0.25, 0.3) is 5.91 Å². The minimum atomic E-state index is -3.92. The highest BCUT2D eigenvalue weighted by atomic mass is 32.2. The van der Waals surface area contributed by atoms with Crippen LogP contribution in [0, 0.1) is 5.92 Å². The number of hydrogen-bond acceptors (Lipinski definition) is 10. The molecule has 5 amide bonds. The Balaban J connectivity index is 1.52. The molecule has 3 atom stereocenters. The van der Waals surface area contributed by atoms with Crippen LogP contribution < -0.4 is 21.1 Å². The lowest BCUT2D eigenvalue weighted by Gasteiger charge is -2.31. The average molecular weight is 590 g/mol. The number of phenols is 1. The molecule has 2 aliphatic rings. The van der Waals surface area contributed by atoms with E-state index in [2.05, 4.69) is 5.32 Å². The second-order valence-corrected chi connectivity index (χ2v) is 12.4. The van der Waals surface area contributed by atoms with Crippen molar-refractivity contribution in [2.24, 2.45) is 16.8 Å². The van der Waals surface area contributed by atoms with Crippen LogP contribution in [0.1, 0.15) is 16.4 Å². The number of rotatable bonds is 5. The van der Waals surface area contributed by atoms with E-state index >= 15 is 0 Å². The molecular weight excluding hydrogens is 570 g/mol. The summed E-state index contributed by atoms with van der Waals surface area (Å²) >= 11 is 1.64. The van der Waals surface area contributed by atoms with Crippen molar-refractivity contribution < 1.29 is 32.7 Å². The van der Waals surface area contributed by atoms with Crippen molar-refractivity contribution in [1.29, 1.82) is 0 Å². The summed E-state index contributed by atoms with van der Waals surface area (Å²) < 4.78 is 24.0. The van der Waals surface area contributed by atoms with Crippen LogP contribution in [0.5, 0.6) is 5.75 Å². The van der Waals surface area contributed by atoms with Gasteiger partial charge in [-0.2, -0.15) is 4.90 Å². The normalized spacial score (nSPS) is 20.4. The molecule has 1 saturated heterocycles. The molecule has 3 unspecified atom stereocenters. The van der Waals surface area contributed by atoms with Crippen molar-refractivity contribution in [3.63, 3.8) is 0 Å². The third-order valence-electron chi connectivity index (χ3n) is 6.31. The van der Waals surface area contributed by atoms with E-state index in [0.29, 0.717) is 9.78 Å². The summed E-state index contributed by atoms with van der Waals surface area (Å²) in [6.45, 7) is -0.471. The van der Waals surface area contributed by atoms with Gasteiger partial charge in [-0.3, -0.25) is 23.7 Å². The second-order valence-electron chi connectivity index (χ2n) is 8.69. The van der Waals surface area contributed by atoms with E-state index < -0.39 is 62.3 Å². The lowest BCUT2D eigenvalue weighted by molar-refractivity contribution is -0.135. The number of carbonyl (C=O) groups excluding carboxylic acids is 4. The molecule has 0 bridgehead atoms. The molecule has 202 valence electrons. The van der Waals surface area contributed by atoms with Gasteiger partial charge in [0.05, 0.1) is 15.8 Å². The third-order valence-corrected chi connectivity index (χ3v) is 9.84. The number of hydrogen-bond donors (Lipinski definition) is 4. The maximum absolute atomic E-state index is 13.2. The molecule has 5 rings (SSSR count). The number of primary sulfonamides is 1. The molecule has 2 aromatic carbocycles. The molecule has 3 aromatic rings. The van der Waals surface area contributed by atoms with E-state index in [-0.39, 0.29) is 26.9 Å². The first kappa shape index (κ1) is 26.6. The monoisotopic (exact) mass is 589 g/mol. The van der Waals surface area contributed by atoms with E-state index in [1.807, 2.05) is 0 Å². The van der Waals surface area contributed by atoms with E-state index in [4.69, 9.17) is 10.9 Å². The molecular formula is C23H19N5O8S3. The summed E-state index contributed by atoms with van der Waals surface area (Å²) in [5.74, 6) is -4.56. The highest BCUT2D eigenvalue weighted by Gasteiger charge is 2.58. The van der Waals surface area contributed by atoms with Crippen LogP contribution in [0.2, 0.25) is 0 Å². The van der Waals surface area contributed by atoms with Crippen molar-refractivity contribution in [2.75, 3.05) is 5.32 Å². The van der Waals surface area contributed by atoms with Crippen LogP contribution in [-0.2, 0) is 31.0 Å². The Labute approximate surface area is 228 Å². The zero-order valence-corrected chi connectivity index (χ0v) is 22.1. The number of carbonyl (C=O) groups is 4. The molecule has 0 aliphatic carbocycles. The fraction of sp³-hybridized carbons (Fsp3) is 0.174. The smallest absolute Gasteiger partial charge is 0.328 e. The summed E-state index contributed by atoms with van der Waals surface area (Å²) in [5, 5.41) is 17.3. The standard InChI is InChI=1S/C23H19N5O8S3/c24-22(33)28-19(31)16-15(12-3-1-2-4-13(12)29)18-21(37-17(16)20(28)32)27(23(34)38-18)9-14(30)26-10-5-7-11(8-6-10)39(25,35)36/h1-8,15-17,29H,9H2,(H2,24,33)(H,26,30)(H2,25,35,36). The largest absolute Gasteiger partial charge is 0.508 e. The number of aromatic nitrogens is 1. The van der Waals surface area contributed by atoms with Gasteiger partial charge < -0.3 is 16.2 Å². The number of likely N-dealkylation sites (tertiary alicyclic amines) is 1.